The average molecular weight is 555 g/mol. The summed E-state index contributed by atoms with van der Waals surface area (Å²) in [4.78, 5) is 45.6. The van der Waals surface area contributed by atoms with Gasteiger partial charge >= 0.3 is 0 Å². The first-order valence-electron chi connectivity index (χ1n) is 9.61. The van der Waals surface area contributed by atoms with Gasteiger partial charge in [0, 0.05) is 17.5 Å². The van der Waals surface area contributed by atoms with E-state index in [1.54, 1.807) is 17.5 Å². The monoisotopic (exact) mass is 553 g/mol. The fourth-order valence-electron chi connectivity index (χ4n) is 3.19. The maximum atomic E-state index is 12.8. The van der Waals surface area contributed by atoms with Crippen LogP contribution in [-0.4, -0.2) is 39.6 Å². The fraction of sp³-hybridized carbons (Fsp3) is 0.100. The Balaban J connectivity index is 1.44. The summed E-state index contributed by atoms with van der Waals surface area (Å²) >= 11 is 19.6. The van der Waals surface area contributed by atoms with Gasteiger partial charge in [0.1, 0.15) is 10.8 Å². The third kappa shape index (κ3) is 4.86. The average Bonchev–Trinajstić information content (AvgIpc) is 3.48. The Morgan fingerprint density at radius 2 is 1.86 bits per heavy atom. The van der Waals surface area contributed by atoms with Crippen LogP contribution in [0.2, 0.25) is 15.2 Å². The number of nitrogen functional groups attached to an aromatic ring is 2. The molecule has 1 unspecified atom stereocenters. The van der Waals surface area contributed by atoms with Gasteiger partial charge in [0.05, 0.1) is 9.90 Å². The van der Waals surface area contributed by atoms with E-state index in [0.717, 1.165) is 0 Å². The molecular weight excluding hydrogens is 541 g/mol. The molecule has 2 aromatic heterocycles. The van der Waals surface area contributed by atoms with Crippen molar-refractivity contribution in [1.29, 1.82) is 5.41 Å². The van der Waals surface area contributed by atoms with Crippen molar-refractivity contribution in [2.75, 3.05) is 11.5 Å². The lowest BCUT2D eigenvalue weighted by Gasteiger charge is -2.13. The van der Waals surface area contributed by atoms with Crippen molar-refractivity contribution in [3.05, 3.63) is 60.5 Å². The third-order valence-electron chi connectivity index (χ3n) is 4.79. The van der Waals surface area contributed by atoms with E-state index in [1.807, 2.05) is 0 Å². The molecule has 11 nitrogen and oxygen atoms in total. The van der Waals surface area contributed by atoms with Gasteiger partial charge < -0.3 is 16.2 Å². The standard InChI is InChI=1S/C20H14Cl3N7O4S/c21-10-7(13(31)9-2-1-3-35-9)4-6-5-8(34-14(6)11(10)22)18(32)29-20(26)30-19(33)12-16(24)28-17(25)15(23)27-12/h1-4,8H,5H2,(H4,24,25,28)(H3,26,29,30,32,33). The van der Waals surface area contributed by atoms with Crippen molar-refractivity contribution in [2.24, 2.45) is 0 Å². The molecule has 15 heteroatoms. The van der Waals surface area contributed by atoms with Crippen molar-refractivity contribution >= 4 is 81.3 Å². The van der Waals surface area contributed by atoms with Crippen LogP contribution in [0.25, 0.3) is 0 Å². The fourth-order valence-corrected chi connectivity index (χ4v) is 4.49. The summed E-state index contributed by atoms with van der Waals surface area (Å²) in [6, 6.07) is 4.92. The predicted octanol–water partition coefficient (Wildman–Crippen LogP) is 2.68. The summed E-state index contributed by atoms with van der Waals surface area (Å²) in [5.41, 5.74) is 11.4. The number of fused-ring (bicyclic) bond motifs is 1. The van der Waals surface area contributed by atoms with Gasteiger partial charge in [0.2, 0.25) is 11.7 Å². The summed E-state index contributed by atoms with van der Waals surface area (Å²) in [5, 5.41) is 13.7. The van der Waals surface area contributed by atoms with E-state index in [2.05, 4.69) is 20.6 Å². The van der Waals surface area contributed by atoms with Crippen LogP contribution < -0.4 is 26.8 Å². The number of hydrogen-bond acceptors (Lipinski definition) is 10. The van der Waals surface area contributed by atoms with Crippen LogP contribution in [0.3, 0.4) is 0 Å². The third-order valence-corrected chi connectivity index (χ3v) is 6.79. The molecule has 0 aliphatic carbocycles. The number of ether oxygens (including phenoxy) is 1. The molecule has 4 rings (SSSR count). The zero-order valence-corrected chi connectivity index (χ0v) is 20.4. The number of carbonyl (C=O) groups is 3. The molecule has 1 aliphatic rings. The Labute approximate surface area is 216 Å². The van der Waals surface area contributed by atoms with E-state index < -0.39 is 23.9 Å². The number of thiophene rings is 1. The highest BCUT2D eigenvalue weighted by atomic mass is 35.5. The number of aromatic nitrogens is 2. The van der Waals surface area contributed by atoms with Crippen LogP contribution in [0, 0.1) is 5.41 Å². The topological polar surface area (TPSA) is 186 Å². The van der Waals surface area contributed by atoms with Gasteiger partial charge in [0.15, 0.2) is 28.6 Å². The molecule has 0 saturated carbocycles. The van der Waals surface area contributed by atoms with Crippen LogP contribution in [0.5, 0.6) is 5.75 Å². The second kappa shape index (κ2) is 9.66. The summed E-state index contributed by atoms with van der Waals surface area (Å²) < 4.78 is 5.62. The number of nitrogens with two attached hydrogens (primary N) is 2. The molecule has 7 N–H and O–H groups in total. The summed E-state index contributed by atoms with van der Waals surface area (Å²) in [6.07, 6.45) is -1.05. The number of nitrogens with zero attached hydrogens (tertiary/aromatic N) is 2. The molecule has 35 heavy (non-hydrogen) atoms. The van der Waals surface area contributed by atoms with Gasteiger partial charge in [-0.25, -0.2) is 9.97 Å². The highest BCUT2D eigenvalue weighted by Crippen LogP contribution is 2.43. The van der Waals surface area contributed by atoms with Gasteiger partial charge in [-0.15, -0.1) is 11.3 Å². The minimum Gasteiger partial charge on any atom is -0.478 e. The summed E-state index contributed by atoms with van der Waals surface area (Å²) in [7, 11) is 0. The Hall–Kier alpha value is -3.45. The molecular formula is C20H14Cl3N7O4S. The van der Waals surface area contributed by atoms with Crippen molar-refractivity contribution in [2.45, 2.75) is 12.5 Å². The minimum absolute atomic E-state index is 0.00275. The highest BCUT2D eigenvalue weighted by Gasteiger charge is 2.34. The molecule has 1 atom stereocenters. The number of guanidine groups is 1. The summed E-state index contributed by atoms with van der Waals surface area (Å²) in [6.45, 7) is 0. The number of carbonyl (C=O) groups excluding carboxylic acids is 3. The van der Waals surface area contributed by atoms with Gasteiger partial charge in [-0.2, -0.15) is 0 Å². The number of benzene rings is 1. The summed E-state index contributed by atoms with van der Waals surface area (Å²) in [5.74, 6) is -2.99. The molecule has 180 valence electrons. The zero-order chi connectivity index (χ0) is 25.4. The van der Waals surface area contributed by atoms with Crippen molar-refractivity contribution < 1.29 is 19.1 Å². The number of nitrogens with one attached hydrogen (secondary N) is 3. The van der Waals surface area contributed by atoms with Gasteiger partial charge in [-0.1, -0.05) is 40.9 Å². The lowest BCUT2D eigenvalue weighted by molar-refractivity contribution is -0.125. The van der Waals surface area contributed by atoms with Crippen LogP contribution >= 0.6 is 46.1 Å². The number of hydrogen-bond donors (Lipinski definition) is 5. The number of halogens is 3. The molecule has 3 heterocycles. The smallest absolute Gasteiger partial charge is 0.280 e. The van der Waals surface area contributed by atoms with E-state index in [-0.39, 0.29) is 56.0 Å². The molecule has 2 amide bonds. The van der Waals surface area contributed by atoms with Crippen LogP contribution in [0.15, 0.2) is 23.6 Å². The lowest BCUT2D eigenvalue weighted by Crippen LogP contribution is -2.48. The van der Waals surface area contributed by atoms with E-state index in [9.17, 15) is 14.4 Å². The number of anilines is 2. The van der Waals surface area contributed by atoms with Crippen molar-refractivity contribution in [3.63, 3.8) is 0 Å². The molecule has 1 aliphatic heterocycles. The molecule has 3 aromatic rings. The largest absolute Gasteiger partial charge is 0.478 e. The van der Waals surface area contributed by atoms with Gasteiger partial charge in [-0.3, -0.25) is 30.4 Å². The van der Waals surface area contributed by atoms with Crippen molar-refractivity contribution in [3.8, 4) is 5.75 Å². The Kier molecular flexibility index (Phi) is 6.81. The van der Waals surface area contributed by atoms with E-state index in [1.165, 1.54) is 17.4 Å². The molecule has 0 fully saturated rings. The van der Waals surface area contributed by atoms with Crippen LogP contribution in [-0.2, 0) is 11.2 Å². The number of ketones is 1. The molecule has 0 spiro atoms. The predicted molar refractivity (Wildman–Crippen MR) is 132 cm³/mol. The maximum absolute atomic E-state index is 12.8. The number of rotatable bonds is 4. The maximum Gasteiger partial charge on any atom is 0.280 e. The van der Waals surface area contributed by atoms with E-state index in [0.29, 0.717) is 10.4 Å². The molecule has 0 saturated heterocycles. The second-order valence-corrected chi connectivity index (χ2v) is 9.17. The molecule has 0 radical (unpaired) electrons. The Bertz CT molecular complexity index is 1400. The van der Waals surface area contributed by atoms with Crippen LogP contribution in [0.1, 0.15) is 31.3 Å². The van der Waals surface area contributed by atoms with Gasteiger partial charge in [0.25, 0.3) is 11.8 Å². The second-order valence-electron chi connectivity index (χ2n) is 7.11. The SMILES string of the molecule is N=C(NC(=O)c1nc(Cl)c(N)nc1N)NC(=O)C1Cc2cc(C(=O)c3cccs3)c(Cl)c(Cl)c2O1. The minimum atomic E-state index is -1.10. The first-order valence-corrected chi connectivity index (χ1v) is 11.6. The number of amides is 2. The van der Waals surface area contributed by atoms with Crippen LogP contribution in [0.4, 0.5) is 11.6 Å². The Morgan fingerprint density at radius 1 is 1.11 bits per heavy atom. The Morgan fingerprint density at radius 3 is 2.54 bits per heavy atom. The van der Waals surface area contributed by atoms with E-state index >= 15 is 0 Å². The molecule has 1 aromatic carbocycles. The quantitative estimate of drug-likeness (QED) is 0.185. The van der Waals surface area contributed by atoms with Crippen molar-refractivity contribution in [1.82, 2.24) is 20.6 Å². The highest BCUT2D eigenvalue weighted by molar-refractivity contribution is 7.12. The normalized spacial score (nSPS) is 14.1. The zero-order valence-electron chi connectivity index (χ0n) is 17.3. The van der Waals surface area contributed by atoms with E-state index in [4.69, 9.17) is 56.4 Å². The first kappa shape index (κ1) is 24.7. The van der Waals surface area contributed by atoms with Gasteiger partial charge in [-0.05, 0) is 17.5 Å². The first-order chi connectivity index (χ1) is 16.6. The lowest BCUT2D eigenvalue weighted by atomic mass is 10.0. The molecule has 0 bridgehead atoms.